The van der Waals surface area contributed by atoms with E-state index < -0.39 is 5.37 Å². The molecule has 2 aliphatic heterocycles. The van der Waals surface area contributed by atoms with Gasteiger partial charge in [-0.25, -0.2) is 14.8 Å². The van der Waals surface area contributed by atoms with Crippen LogP contribution < -0.4 is 16.0 Å². The fourth-order valence-electron chi connectivity index (χ4n) is 6.85. The Labute approximate surface area is 383 Å². The molecule has 0 saturated carbocycles. The molecule has 0 fully saturated rings. The zero-order chi connectivity index (χ0) is 46.8. The molecule has 2 aliphatic rings. The number of hydrogen-bond donors (Lipinski definition) is 3. The number of carbonyl (C=O) groups is 4. The van der Waals surface area contributed by atoms with Crippen molar-refractivity contribution < 1.29 is 19.2 Å². The van der Waals surface area contributed by atoms with E-state index in [1.165, 1.54) is 16.0 Å². The molecular formula is C46H55ClN14O4. The van der Waals surface area contributed by atoms with Gasteiger partial charge in [0.25, 0.3) is 11.8 Å². The highest BCUT2D eigenvalue weighted by Crippen LogP contribution is 2.26. The zero-order valence-corrected chi connectivity index (χ0v) is 38.7. The number of benzene rings is 2. The third-order valence-corrected chi connectivity index (χ3v) is 11.1. The minimum atomic E-state index is -0.400. The molecule has 5 amide bonds. The summed E-state index contributed by atoms with van der Waals surface area (Å²) in [4.78, 5) is 61.9. The number of carbonyl (C=O) groups excluding carboxylic acids is 4. The Kier molecular flexibility index (Phi) is 15.7. The van der Waals surface area contributed by atoms with Crippen LogP contribution in [0.3, 0.4) is 0 Å². The summed E-state index contributed by atoms with van der Waals surface area (Å²) >= 11 is 5.02. The van der Waals surface area contributed by atoms with E-state index in [2.05, 4.69) is 60.2 Å². The standard InChI is InChI=1S/C23H27N7O2.C19H20N6O.C4H8ClNO/c1-5-28(4)23(32)29-12-17-10-9-16(11-18(17)13-29)22(31)26-20-8-6-7-19(25-20)21-27-24-14-30(21)15(2)3;1-12(2)25-11-21-24-18(25)16-4-3-5-17(22-16)23-19(26)13-6-7-14-9-20-10-15(14)8-13;1-3-6(2)4(5)7/h6-11,14-15H,5,12-13H2,1-4H3,(H,25,26,31);3-8,11-12,20H,9-10H2,1-2H3,(H,22,23,26);3H2,1-2H3. The first-order chi connectivity index (χ1) is 31.2. The number of pyridine rings is 2. The highest BCUT2D eigenvalue weighted by Gasteiger charge is 2.26. The summed E-state index contributed by atoms with van der Waals surface area (Å²) in [5, 5.41) is 24.9. The van der Waals surface area contributed by atoms with Crippen LogP contribution in [0.5, 0.6) is 0 Å². The van der Waals surface area contributed by atoms with Crippen LogP contribution in [0.15, 0.2) is 85.5 Å². The molecule has 6 heterocycles. The van der Waals surface area contributed by atoms with Crippen molar-refractivity contribution in [1.82, 2.24) is 59.5 Å². The smallest absolute Gasteiger partial charge is 0.320 e. The topological polar surface area (TPSA) is 201 Å². The first-order valence-corrected chi connectivity index (χ1v) is 21.8. The second-order valence-corrected chi connectivity index (χ2v) is 16.3. The van der Waals surface area contributed by atoms with Crippen LogP contribution in [0.1, 0.15) is 96.6 Å². The second-order valence-electron chi connectivity index (χ2n) is 16.0. The lowest BCUT2D eigenvalue weighted by Gasteiger charge is -2.22. The third-order valence-electron chi connectivity index (χ3n) is 10.8. The molecule has 340 valence electrons. The average molecular weight is 903 g/mol. The maximum Gasteiger partial charge on any atom is 0.320 e. The van der Waals surface area contributed by atoms with E-state index in [1.807, 2.05) is 91.4 Å². The number of nitrogens with one attached hydrogen (secondary N) is 3. The van der Waals surface area contributed by atoms with Gasteiger partial charge in [-0.15, -0.1) is 20.4 Å². The van der Waals surface area contributed by atoms with E-state index in [-0.39, 0.29) is 29.9 Å². The molecule has 6 aromatic rings. The monoisotopic (exact) mass is 902 g/mol. The summed E-state index contributed by atoms with van der Waals surface area (Å²) in [6, 6.07) is 22.6. The number of amides is 5. The van der Waals surface area contributed by atoms with Crippen LogP contribution in [-0.2, 0) is 26.2 Å². The van der Waals surface area contributed by atoms with Gasteiger partial charge in [0, 0.05) is 76.6 Å². The molecule has 2 aromatic carbocycles. The number of halogens is 1. The number of nitrogens with zero attached hydrogens (tertiary/aromatic N) is 11. The van der Waals surface area contributed by atoms with Crippen LogP contribution in [0, 0.1) is 0 Å². The second kappa shape index (κ2) is 21.6. The number of fused-ring (bicyclic) bond motifs is 2. The van der Waals surface area contributed by atoms with Gasteiger partial charge in [-0.2, -0.15) is 0 Å². The van der Waals surface area contributed by atoms with Crippen molar-refractivity contribution in [3.05, 3.63) is 119 Å². The predicted molar refractivity (Wildman–Crippen MR) is 249 cm³/mol. The molecule has 19 heteroatoms. The molecule has 0 aliphatic carbocycles. The summed E-state index contributed by atoms with van der Waals surface area (Å²) in [7, 11) is 3.43. The fraction of sp³-hybridized carbons (Fsp3) is 0.348. The van der Waals surface area contributed by atoms with Crippen molar-refractivity contribution in [3.8, 4) is 23.0 Å². The molecule has 0 atom stereocenters. The number of hydrogen-bond acceptors (Lipinski definition) is 11. The van der Waals surface area contributed by atoms with Crippen LogP contribution >= 0.6 is 11.6 Å². The minimum Gasteiger partial charge on any atom is -0.333 e. The molecule has 0 unspecified atom stereocenters. The molecular weight excluding hydrogens is 848 g/mol. The maximum atomic E-state index is 12.9. The van der Waals surface area contributed by atoms with Crippen LogP contribution in [0.25, 0.3) is 23.0 Å². The Balaban J connectivity index is 0.000000191. The first-order valence-electron chi connectivity index (χ1n) is 21.4. The summed E-state index contributed by atoms with van der Waals surface area (Å²) in [6.07, 6.45) is 3.36. The fourth-order valence-corrected chi connectivity index (χ4v) is 6.97. The van der Waals surface area contributed by atoms with Crippen LogP contribution in [-0.4, -0.2) is 105 Å². The van der Waals surface area contributed by atoms with Crippen molar-refractivity contribution >= 4 is 46.4 Å². The van der Waals surface area contributed by atoms with E-state index in [0.29, 0.717) is 72.0 Å². The number of urea groups is 1. The molecule has 0 spiro atoms. The lowest BCUT2D eigenvalue weighted by Crippen LogP contribution is -2.37. The van der Waals surface area contributed by atoms with Gasteiger partial charge in [0.1, 0.15) is 35.7 Å². The molecule has 65 heavy (non-hydrogen) atoms. The van der Waals surface area contributed by atoms with Crippen molar-refractivity contribution in [1.29, 1.82) is 0 Å². The van der Waals surface area contributed by atoms with E-state index in [4.69, 9.17) is 11.6 Å². The number of rotatable bonds is 10. The van der Waals surface area contributed by atoms with Gasteiger partial charge < -0.3 is 39.8 Å². The highest BCUT2D eigenvalue weighted by atomic mass is 35.5. The largest absolute Gasteiger partial charge is 0.333 e. The van der Waals surface area contributed by atoms with E-state index in [1.54, 1.807) is 54.7 Å². The van der Waals surface area contributed by atoms with Gasteiger partial charge in [-0.1, -0.05) is 24.3 Å². The first kappa shape index (κ1) is 47.4. The van der Waals surface area contributed by atoms with Crippen molar-refractivity contribution in [2.75, 3.05) is 37.8 Å². The molecule has 0 saturated heterocycles. The van der Waals surface area contributed by atoms with Gasteiger partial charge in [0.2, 0.25) is 0 Å². The van der Waals surface area contributed by atoms with Crippen molar-refractivity contribution in [2.24, 2.45) is 0 Å². The van der Waals surface area contributed by atoms with E-state index >= 15 is 0 Å². The Morgan fingerprint density at radius 2 is 1.14 bits per heavy atom. The predicted octanol–water partition coefficient (Wildman–Crippen LogP) is 7.63. The molecule has 8 rings (SSSR count). The minimum absolute atomic E-state index is 0.00929. The molecule has 3 N–H and O–H groups in total. The summed E-state index contributed by atoms with van der Waals surface area (Å²) in [5.74, 6) is 1.83. The Morgan fingerprint density at radius 1 is 0.662 bits per heavy atom. The lowest BCUT2D eigenvalue weighted by molar-refractivity contribution is 0.101. The maximum absolute atomic E-state index is 12.9. The lowest BCUT2D eigenvalue weighted by atomic mass is 10.1. The molecule has 4 aromatic heterocycles. The van der Waals surface area contributed by atoms with E-state index in [0.717, 1.165) is 24.2 Å². The zero-order valence-electron chi connectivity index (χ0n) is 37.9. The SMILES string of the molecule is CC(C)n1cnnc1-c1cccc(NC(=O)c2ccc3c(c2)CNC3)n1.CCN(C)C(=O)Cl.CCN(C)C(=O)N1Cc2ccc(C(=O)Nc3cccc(-c4nncn4C(C)C)n3)cc2C1. The molecule has 18 nitrogen and oxygen atoms in total. The molecule has 0 radical (unpaired) electrons. The normalized spacial score (nSPS) is 12.4. The quantitative estimate of drug-likeness (QED) is 0.0902. The van der Waals surface area contributed by atoms with E-state index in [9.17, 15) is 19.2 Å². The molecule has 0 bridgehead atoms. The summed E-state index contributed by atoms with van der Waals surface area (Å²) < 4.78 is 3.87. The van der Waals surface area contributed by atoms with Gasteiger partial charge >= 0.3 is 11.4 Å². The Bertz CT molecular complexity index is 2640. The van der Waals surface area contributed by atoms with Gasteiger partial charge in [-0.05, 0) is 124 Å². The van der Waals surface area contributed by atoms with Crippen LogP contribution in [0.4, 0.5) is 21.2 Å². The van der Waals surface area contributed by atoms with Crippen molar-refractivity contribution in [2.45, 2.75) is 79.8 Å². The number of anilines is 2. The van der Waals surface area contributed by atoms with Gasteiger partial charge in [-0.3, -0.25) is 14.4 Å². The Hall–Kier alpha value is -7.05. The number of aromatic nitrogens is 8. The third kappa shape index (κ3) is 11.8. The summed E-state index contributed by atoms with van der Waals surface area (Å²) in [6.45, 7) is 16.0. The average Bonchev–Trinajstić information content (AvgIpc) is 4.15. The highest BCUT2D eigenvalue weighted by molar-refractivity contribution is 6.62. The Morgan fingerprint density at radius 3 is 1.62 bits per heavy atom. The van der Waals surface area contributed by atoms with Crippen molar-refractivity contribution in [3.63, 3.8) is 0 Å². The van der Waals surface area contributed by atoms with Crippen LogP contribution in [0.2, 0.25) is 0 Å². The van der Waals surface area contributed by atoms with Gasteiger partial charge in [0.15, 0.2) is 11.6 Å². The summed E-state index contributed by atoms with van der Waals surface area (Å²) in [5.41, 5.74) is 6.93. The van der Waals surface area contributed by atoms with Gasteiger partial charge in [0.05, 0.1) is 0 Å².